The number of rotatable bonds is 26. The summed E-state index contributed by atoms with van der Waals surface area (Å²) in [6.07, 6.45) is 23.0. The highest BCUT2D eigenvalue weighted by atomic mass is 19.1. The standard InChI is InChI=1S/C54H68F4N2O3/c1-5-9-13-17-21-25-34(26-22-18-14-10-6-2)59-33-40-41(55)29-36-38-31-43(57)49-51-46(38)39(37-30-42(56)48(52(59)61)47(40)45(36)37)32-44(58)50(51)54(63)60(53(49)62)35(27-23-19-15-11-7-3)28-24-20-16-12-8-4/h29-32,34-35H,5-28,33H2,1-4H3. The second-order valence-corrected chi connectivity index (χ2v) is 18.8. The summed E-state index contributed by atoms with van der Waals surface area (Å²) in [6.45, 7) is 8.57. The highest BCUT2D eigenvalue weighted by Gasteiger charge is 2.43. The summed E-state index contributed by atoms with van der Waals surface area (Å²) in [7, 11) is 0. The third-order valence-electron chi connectivity index (χ3n) is 14.3. The monoisotopic (exact) mass is 869 g/mol. The maximum absolute atomic E-state index is 16.9. The minimum atomic E-state index is -0.930. The molecule has 0 saturated heterocycles. The Morgan fingerprint density at radius 2 is 0.746 bits per heavy atom. The van der Waals surface area contributed by atoms with Crippen LogP contribution in [0.25, 0.3) is 43.1 Å². The lowest BCUT2D eigenvalue weighted by atomic mass is 9.81. The van der Waals surface area contributed by atoms with Gasteiger partial charge < -0.3 is 4.90 Å². The van der Waals surface area contributed by atoms with E-state index in [1.165, 1.54) is 24.3 Å². The number of hydrogen-bond acceptors (Lipinski definition) is 3. The van der Waals surface area contributed by atoms with Crippen molar-refractivity contribution in [3.8, 4) is 0 Å². The van der Waals surface area contributed by atoms with Crippen LogP contribution in [0.1, 0.15) is 218 Å². The van der Waals surface area contributed by atoms with Crippen LogP contribution in [0.2, 0.25) is 0 Å². The Kier molecular flexibility index (Phi) is 15.7. The minimum Gasteiger partial charge on any atom is -0.331 e. The summed E-state index contributed by atoms with van der Waals surface area (Å²) >= 11 is 0. The summed E-state index contributed by atoms with van der Waals surface area (Å²) in [5.74, 6) is -5.45. The van der Waals surface area contributed by atoms with Gasteiger partial charge >= 0.3 is 0 Å². The number of halogens is 4. The Hall–Kier alpha value is -4.27. The molecule has 63 heavy (non-hydrogen) atoms. The molecule has 0 N–H and O–H groups in total. The van der Waals surface area contributed by atoms with Crippen molar-refractivity contribution in [3.63, 3.8) is 0 Å². The summed E-state index contributed by atoms with van der Waals surface area (Å²) < 4.78 is 67.5. The molecular formula is C54H68F4N2O3. The van der Waals surface area contributed by atoms with Crippen LogP contribution in [0.3, 0.4) is 0 Å². The fraction of sp³-hybridized carbons (Fsp3) is 0.574. The van der Waals surface area contributed by atoms with Crippen molar-refractivity contribution in [1.82, 2.24) is 9.80 Å². The lowest BCUT2D eigenvalue weighted by molar-refractivity contribution is 0.0510. The molecule has 7 rings (SSSR count). The first kappa shape index (κ1) is 46.7. The Balaban J connectivity index is 1.32. The molecule has 2 aliphatic heterocycles. The third-order valence-corrected chi connectivity index (χ3v) is 14.3. The van der Waals surface area contributed by atoms with Crippen LogP contribution in [-0.2, 0) is 6.54 Å². The summed E-state index contributed by atoms with van der Waals surface area (Å²) in [4.78, 5) is 46.6. The van der Waals surface area contributed by atoms with Crippen molar-refractivity contribution >= 4 is 60.8 Å². The van der Waals surface area contributed by atoms with Gasteiger partial charge in [-0.1, -0.05) is 156 Å². The Morgan fingerprint density at radius 3 is 1.14 bits per heavy atom. The van der Waals surface area contributed by atoms with E-state index in [4.69, 9.17) is 0 Å². The first-order chi connectivity index (χ1) is 30.6. The minimum absolute atomic E-state index is 0.0357. The zero-order chi connectivity index (χ0) is 44.8. The molecule has 0 atom stereocenters. The smallest absolute Gasteiger partial charge is 0.264 e. The van der Waals surface area contributed by atoms with Gasteiger partial charge in [-0.25, -0.2) is 17.6 Å². The molecule has 0 unspecified atom stereocenters. The van der Waals surface area contributed by atoms with E-state index in [-0.39, 0.29) is 72.5 Å². The van der Waals surface area contributed by atoms with Crippen LogP contribution in [0, 0.1) is 23.3 Å². The van der Waals surface area contributed by atoms with E-state index < -0.39 is 47.0 Å². The summed E-state index contributed by atoms with van der Waals surface area (Å²) in [6, 6.07) is 4.19. The fourth-order valence-corrected chi connectivity index (χ4v) is 11.0. The lowest BCUT2D eigenvalue weighted by Gasteiger charge is -2.37. The second kappa shape index (κ2) is 21.1. The molecule has 340 valence electrons. The van der Waals surface area contributed by atoms with Gasteiger partial charge in [0.1, 0.15) is 23.3 Å². The molecule has 5 aromatic rings. The van der Waals surface area contributed by atoms with Crippen LogP contribution >= 0.6 is 0 Å². The normalized spacial score (nSPS) is 14.2. The van der Waals surface area contributed by atoms with Crippen molar-refractivity contribution in [1.29, 1.82) is 0 Å². The number of benzene rings is 5. The number of carbonyl (C=O) groups excluding carboxylic acids is 3. The molecule has 9 heteroatoms. The molecule has 0 bridgehead atoms. The molecule has 0 aromatic heterocycles. The van der Waals surface area contributed by atoms with E-state index in [0.29, 0.717) is 18.2 Å². The molecule has 3 amide bonds. The maximum atomic E-state index is 16.9. The van der Waals surface area contributed by atoms with Gasteiger partial charge in [-0.05, 0) is 82.3 Å². The zero-order valence-corrected chi connectivity index (χ0v) is 38.3. The average Bonchev–Trinajstić information content (AvgIpc) is 3.25. The average molecular weight is 869 g/mol. The molecule has 5 aromatic carbocycles. The molecule has 2 heterocycles. The van der Waals surface area contributed by atoms with Crippen molar-refractivity contribution in [2.24, 2.45) is 0 Å². The van der Waals surface area contributed by atoms with Gasteiger partial charge in [-0.2, -0.15) is 0 Å². The molecule has 0 saturated carbocycles. The van der Waals surface area contributed by atoms with Gasteiger partial charge in [0.2, 0.25) is 0 Å². The highest BCUT2D eigenvalue weighted by molar-refractivity contribution is 6.39. The van der Waals surface area contributed by atoms with Crippen LogP contribution in [0.4, 0.5) is 17.6 Å². The van der Waals surface area contributed by atoms with E-state index in [1.54, 1.807) is 4.90 Å². The summed E-state index contributed by atoms with van der Waals surface area (Å²) in [5, 5.41) is 1.35. The zero-order valence-electron chi connectivity index (χ0n) is 38.3. The molecule has 0 aliphatic carbocycles. The Morgan fingerprint density at radius 1 is 0.413 bits per heavy atom. The number of amides is 3. The number of imide groups is 1. The Bertz CT molecular complexity index is 2340. The van der Waals surface area contributed by atoms with Crippen molar-refractivity contribution < 1.29 is 31.9 Å². The molecule has 5 nitrogen and oxygen atoms in total. The predicted molar refractivity (Wildman–Crippen MR) is 249 cm³/mol. The number of carbonyl (C=O) groups is 3. The quantitative estimate of drug-likeness (QED) is 0.0183. The van der Waals surface area contributed by atoms with Gasteiger partial charge in [0.05, 0.1) is 16.7 Å². The SMILES string of the molecule is CCCCCCCC(CCCCCCC)N1Cc2c(F)cc3c4cc(F)c5c6c(c(F)cc(c7cc(F)c(c2c37)C1=O)c64)C(=O)N(C(CCCCCCC)CCCCCCC)C5=O. The first-order valence-corrected chi connectivity index (χ1v) is 24.7. The maximum Gasteiger partial charge on any atom is 0.264 e. The number of unbranched alkanes of at least 4 members (excludes halogenated alkanes) is 16. The van der Waals surface area contributed by atoms with Crippen LogP contribution in [-0.4, -0.2) is 39.6 Å². The van der Waals surface area contributed by atoms with Crippen molar-refractivity contribution in [2.75, 3.05) is 0 Å². The molecular weight excluding hydrogens is 801 g/mol. The van der Waals surface area contributed by atoms with Crippen LogP contribution < -0.4 is 0 Å². The van der Waals surface area contributed by atoms with Gasteiger partial charge in [0.15, 0.2) is 0 Å². The van der Waals surface area contributed by atoms with E-state index in [9.17, 15) is 14.4 Å². The topological polar surface area (TPSA) is 57.7 Å². The predicted octanol–water partition coefficient (Wildman–Crippen LogP) is 16.0. The highest BCUT2D eigenvalue weighted by Crippen LogP contribution is 2.49. The number of hydrogen-bond donors (Lipinski definition) is 0. The molecule has 0 fully saturated rings. The third kappa shape index (κ3) is 9.18. The first-order valence-electron chi connectivity index (χ1n) is 24.7. The van der Waals surface area contributed by atoms with Crippen LogP contribution in [0.15, 0.2) is 24.3 Å². The van der Waals surface area contributed by atoms with E-state index in [0.717, 1.165) is 146 Å². The fourth-order valence-electron chi connectivity index (χ4n) is 11.0. The second-order valence-electron chi connectivity index (χ2n) is 18.8. The van der Waals surface area contributed by atoms with E-state index in [2.05, 4.69) is 27.7 Å². The van der Waals surface area contributed by atoms with Crippen LogP contribution in [0.5, 0.6) is 0 Å². The number of nitrogens with zero attached hydrogens (tertiary/aromatic N) is 2. The largest absolute Gasteiger partial charge is 0.331 e. The van der Waals surface area contributed by atoms with Gasteiger partial charge in [-0.15, -0.1) is 0 Å². The molecule has 0 spiro atoms. The lowest BCUT2D eigenvalue weighted by Crippen LogP contribution is -2.48. The Labute approximate surface area is 371 Å². The van der Waals surface area contributed by atoms with E-state index in [1.807, 2.05) is 0 Å². The summed E-state index contributed by atoms with van der Waals surface area (Å²) in [5.41, 5.74) is -0.800. The van der Waals surface area contributed by atoms with Gasteiger partial charge in [-0.3, -0.25) is 19.3 Å². The number of fused-ring (bicyclic) bond motifs is 2. The van der Waals surface area contributed by atoms with E-state index >= 15 is 17.6 Å². The van der Waals surface area contributed by atoms with Crippen molar-refractivity contribution in [3.05, 3.63) is 69.8 Å². The molecule has 2 aliphatic rings. The van der Waals surface area contributed by atoms with Gasteiger partial charge in [0, 0.05) is 35.0 Å². The van der Waals surface area contributed by atoms with Crippen molar-refractivity contribution in [2.45, 2.75) is 200 Å². The van der Waals surface area contributed by atoms with Gasteiger partial charge in [0.25, 0.3) is 17.7 Å². The molecule has 0 radical (unpaired) electrons.